The smallest absolute Gasteiger partial charge is 0.281 e. The number of nitrogens with one attached hydrogen (secondary N) is 2. The van der Waals surface area contributed by atoms with E-state index in [9.17, 15) is 8.42 Å². The molecule has 0 radical (unpaired) electrons. The molecule has 1 heterocycles. The van der Waals surface area contributed by atoms with Crippen molar-refractivity contribution in [3.8, 4) is 0 Å². The number of aromatic amines is 1. The van der Waals surface area contributed by atoms with Crippen molar-refractivity contribution < 1.29 is 8.42 Å². The predicted octanol–water partition coefficient (Wildman–Crippen LogP) is 0.827. The van der Waals surface area contributed by atoms with Gasteiger partial charge in [0.15, 0.2) is 5.03 Å². The highest BCUT2D eigenvalue weighted by molar-refractivity contribution is 7.92. The molecule has 0 bridgehead atoms. The van der Waals surface area contributed by atoms with E-state index in [1.54, 1.807) is 31.2 Å². The second kappa shape index (κ2) is 4.97. The monoisotopic (exact) mass is 293 g/mol. The van der Waals surface area contributed by atoms with Crippen LogP contribution in [0.3, 0.4) is 0 Å². The van der Waals surface area contributed by atoms with Crippen LogP contribution in [0.4, 0.5) is 5.69 Å². The van der Waals surface area contributed by atoms with Crippen LogP contribution in [0.5, 0.6) is 0 Å². The Bertz CT molecular complexity index is 751. The average molecular weight is 293 g/mol. The molecule has 2 aromatic rings. The quantitative estimate of drug-likeness (QED) is 0.571. The van der Waals surface area contributed by atoms with E-state index in [4.69, 9.17) is 11.1 Å². The van der Waals surface area contributed by atoms with Gasteiger partial charge in [0.25, 0.3) is 10.0 Å². The number of hydrogen-bond acceptors (Lipinski definition) is 4. The SMILES string of the molecule is Cc1ncc(S(=O)(=O)N(C)c2cccc(C(=N)N)c2)[nH]1. The van der Waals surface area contributed by atoms with Crippen LogP contribution in [0.15, 0.2) is 35.5 Å². The van der Waals surface area contributed by atoms with Gasteiger partial charge in [0.1, 0.15) is 11.7 Å². The van der Waals surface area contributed by atoms with Crippen molar-refractivity contribution in [3.05, 3.63) is 41.9 Å². The Morgan fingerprint density at radius 1 is 1.45 bits per heavy atom. The van der Waals surface area contributed by atoms with E-state index < -0.39 is 10.0 Å². The molecule has 0 unspecified atom stereocenters. The van der Waals surface area contributed by atoms with E-state index in [0.717, 1.165) is 4.31 Å². The van der Waals surface area contributed by atoms with Gasteiger partial charge in [-0.25, -0.2) is 4.98 Å². The summed E-state index contributed by atoms with van der Waals surface area (Å²) in [7, 11) is -2.27. The van der Waals surface area contributed by atoms with Crippen LogP contribution in [0.2, 0.25) is 0 Å². The number of rotatable bonds is 4. The van der Waals surface area contributed by atoms with Crippen molar-refractivity contribution in [3.63, 3.8) is 0 Å². The number of aromatic nitrogens is 2. The first-order valence-electron chi connectivity index (χ1n) is 5.77. The lowest BCUT2D eigenvalue weighted by Gasteiger charge is -2.18. The summed E-state index contributed by atoms with van der Waals surface area (Å²) in [5.74, 6) is 0.407. The maximum atomic E-state index is 12.4. The molecule has 0 saturated carbocycles. The van der Waals surface area contributed by atoms with E-state index in [2.05, 4.69) is 9.97 Å². The molecule has 0 atom stereocenters. The lowest BCUT2D eigenvalue weighted by Crippen LogP contribution is -2.27. The normalized spacial score (nSPS) is 11.3. The summed E-state index contributed by atoms with van der Waals surface area (Å²) < 4.78 is 25.9. The molecule has 0 spiro atoms. The molecule has 0 aliphatic carbocycles. The van der Waals surface area contributed by atoms with Gasteiger partial charge in [0, 0.05) is 12.6 Å². The standard InChI is InChI=1S/C12H15N5O2S/c1-8-15-7-11(16-8)20(18,19)17(2)10-5-3-4-9(6-10)12(13)14/h3-7H,1-2H3,(H3,13,14)(H,15,16). The van der Waals surface area contributed by atoms with Crippen LogP contribution in [0.1, 0.15) is 11.4 Å². The van der Waals surface area contributed by atoms with E-state index in [1.807, 2.05) is 0 Å². The molecule has 8 heteroatoms. The highest BCUT2D eigenvalue weighted by atomic mass is 32.2. The summed E-state index contributed by atoms with van der Waals surface area (Å²) in [6.45, 7) is 1.68. The molecule has 0 fully saturated rings. The predicted molar refractivity (Wildman–Crippen MR) is 76.4 cm³/mol. The summed E-state index contributed by atoms with van der Waals surface area (Å²) in [4.78, 5) is 6.59. The molecule has 7 nitrogen and oxygen atoms in total. The van der Waals surface area contributed by atoms with E-state index in [-0.39, 0.29) is 10.9 Å². The fourth-order valence-corrected chi connectivity index (χ4v) is 2.83. The first-order valence-corrected chi connectivity index (χ1v) is 7.21. The molecule has 2 rings (SSSR count). The molecular weight excluding hydrogens is 278 g/mol. The van der Waals surface area contributed by atoms with Crippen LogP contribution in [0, 0.1) is 12.3 Å². The summed E-state index contributed by atoms with van der Waals surface area (Å²) >= 11 is 0. The molecule has 4 N–H and O–H groups in total. The van der Waals surface area contributed by atoms with Gasteiger partial charge < -0.3 is 10.7 Å². The van der Waals surface area contributed by atoms with Crippen molar-refractivity contribution >= 4 is 21.5 Å². The number of anilines is 1. The van der Waals surface area contributed by atoms with Crippen molar-refractivity contribution in [2.24, 2.45) is 5.73 Å². The molecule has 20 heavy (non-hydrogen) atoms. The van der Waals surface area contributed by atoms with Gasteiger partial charge in [-0.05, 0) is 19.1 Å². The number of imidazole rings is 1. The molecule has 0 aliphatic heterocycles. The van der Waals surface area contributed by atoms with Gasteiger partial charge in [-0.3, -0.25) is 9.71 Å². The van der Waals surface area contributed by atoms with Gasteiger partial charge in [0.2, 0.25) is 0 Å². The van der Waals surface area contributed by atoms with Crippen molar-refractivity contribution in [2.45, 2.75) is 11.9 Å². The van der Waals surface area contributed by atoms with Crippen LogP contribution in [-0.4, -0.2) is 31.3 Å². The zero-order valence-corrected chi connectivity index (χ0v) is 11.9. The lowest BCUT2D eigenvalue weighted by molar-refractivity contribution is 0.591. The Balaban J connectivity index is 2.43. The fourth-order valence-electron chi connectivity index (χ4n) is 1.68. The lowest BCUT2D eigenvalue weighted by atomic mass is 10.2. The van der Waals surface area contributed by atoms with Crippen LogP contribution in [0.25, 0.3) is 0 Å². The summed E-state index contributed by atoms with van der Waals surface area (Å²) in [5.41, 5.74) is 6.29. The number of amidine groups is 1. The third kappa shape index (κ3) is 2.50. The van der Waals surface area contributed by atoms with E-state index in [0.29, 0.717) is 17.1 Å². The number of nitrogen functional groups attached to an aromatic ring is 1. The Kier molecular flexibility index (Phi) is 3.49. The average Bonchev–Trinajstić information content (AvgIpc) is 2.85. The summed E-state index contributed by atoms with van der Waals surface area (Å²) in [6, 6.07) is 6.47. The highest BCUT2D eigenvalue weighted by Gasteiger charge is 2.23. The van der Waals surface area contributed by atoms with Crippen molar-refractivity contribution in [1.29, 1.82) is 5.41 Å². The van der Waals surface area contributed by atoms with Gasteiger partial charge in [0.05, 0.1) is 11.9 Å². The number of benzene rings is 1. The molecule has 1 aromatic carbocycles. The highest BCUT2D eigenvalue weighted by Crippen LogP contribution is 2.21. The fraction of sp³-hybridized carbons (Fsp3) is 0.167. The molecule has 0 saturated heterocycles. The Labute approximate surface area is 117 Å². The molecule has 106 valence electrons. The van der Waals surface area contributed by atoms with Crippen LogP contribution >= 0.6 is 0 Å². The Hall–Kier alpha value is -2.35. The minimum Gasteiger partial charge on any atom is -0.384 e. The van der Waals surface area contributed by atoms with Crippen molar-refractivity contribution in [2.75, 3.05) is 11.4 Å². The molecule has 0 amide bonds. The molecule has 1 aromatic heterocycles. The minimum atomic E-state index is -3.71. The number of nitrogens with zero attached hydrogens (tertiary/aromatic N) is 2. The number of aryl methyl sites for hydroxylation is 1. The number of nitrogens with two attached hydrogens (primary N) is 1. The van der Waals surface area contributed by atoms with Gasteiger partial charge >= 0.3 is 0 Å². The number of hydrogen-bond donors (Lipinski definition) is 3. The minimum absolute atomic E-state index is 0.0192. The van der Waals surface area contributed by atoms with Crippen LogP contribution < -0.4 is 10.0 Å². The Morgan fingerprint density at radius 3 is 2.70 bits per heavy atom. The van der Waals surface area contributed by atoms with Gasteiger partial charge in [-0.2, -0.15) is 8.42 Å². The third-order valence-electron chi connectivity index (χ3n) is 2.84. The van der Waals surface area contributed by atoms with E-state index >= 15 is 0 Å². The second-order valence-corrected chi connectivity index (χ2v) is 6.21. The second-order valence-electron chi connectivity index (χ2n) is 4.27. The third-order valence-corrected chi connectivity index (χ3v) is 4.53. The first kappa shape index (κ1) is 14.1. The van der Waals surface area contributed by atoms with E-state index in [1.165, 1.54) is 13.2 Å². The van der Waals surface area contributed by atoms with Crippen LogP contribution in [-0.2, 0) is 10.0 Å². The largest absolute Gasteiger partial charge is 0.384 e. The maximum Gasteiger partial charge on any atom is 0.281 e. The summed E-state index contributed by atoms with van der Waals surface area (Å²) in [5, 5.41) is 7.41. The first-order chi connectivity index (χ1) is 9.32. The Morgan fingerprint density at radius 2 is 2.15 bits per heavy atom. The zero-order valence-electron chi connectivity index (χ0n) is 11.1. The number of H-pyrrole nitrogens is 1. The number of sulfonamides is 1. The molecule has 0 aliphatic rings. The summed E-state index contributed by atoms with van der Waals surface area (Å²) in [6.07, 6.45) is 1.27. The van der Waals surface area contributed by atoms with Gasteiger partial charge in [-0.15, -0.1) is 0 Å². The topological polar surface area (TPSA) is 116 Å². The van der Waals surface area contributed by atoms with Crippen molar-refractivity contribution in [1.82, 2.24) is 9.97 Å². The van der Waals surface area contributed by atoms with Gasteiger partial charge in [-0.1, -0.05) is 12.1 Å². The zero-order chi connectivity index (χ0) is 14.9. The molecular formula is C12H15N5O2S. The maximum absolute atomic E-state index is 12.4.